The van der Waals surface area contributed by atoms with Crippen molar-refractivity contribution in [2.75, 3.05) is 31.2 Å². The number of aromatic amines is 2. The number of aromatic nitrogens is 5. The van der Waals surface area contributed by atoms with Crippen molar-refractivity contribution in [2.45, 2.75) is 0 Å². The molecule has 4 aromatic rings. The zero-order valence-corrected chi connectivity index (χ0v) is 13.0. The van der Waals surface area contributed by atoms with E-state index in [4.69, 9.17) is 9.72 Å². The normalized spacial score (nSPS) is 15.4. The van der Waals surface area contributed by atoms with Crippen LogP contribution in [0.2, 0.25) is 0 Å². The molecule has 2 N–H and O–H groups in total. The first-order valence-corrected chi connectivity index (χ1v) is 8.00. The monoisotopic (exact) mass is 320 g/mol. The second-order valence-corrected chi connectivity index (χ2v) is 5.85. The van der Waals surface area contributed by atoms with Gasteiger partial charge in [0.1, 0.15) is 5.52 Å². The largest absolute Gasteiger partial charge is 0.378 e. The van der Waals surface area contributed by atoms with Crippen molar-refractivity contribution in [3.63, 3.8) is 0 Å². The van der Waals surface area contributed by atoms with Crippen molar-refractivity contribution in [2.24, 2.45) is 0 Å². The van der Waals surface area contributed by atoms with Crippen LogP contribution >= 0.6 is 0 Å². The number of fused-ring (bicyclic) bond motifs is 2. The fourth-order valence-corrected chi connectivity index (χ4v) is 3.13. The van der Waals surface area contributed by atoms with Crippen LogP contribution in [0, 0.1) is 0 Å². The molecule has 5 rings (SSSR count). The zero-order chi connectivity index (χ0) is 15.9. The molecule has 0 unspecified atom stereocenters. The van der Waals surface area contributed by atoms with Gasteiger partial charge in [-0.15, -0.1) is 0 Å². The molecule has 0 amide bonds. The number of nitrogens with one attached hydrogen (secondary N) is 2. The van der Waals surface area contributed by atoms with Gasteiger partial charge < -0.3 is 19.6 Å². The number of anilines is 1. The lowest BCUT2D eigenvalue weighted by molar-refractivity contribution is 0.122. The van der Waals surface area contributed by atoms with Gasteiger partial charge in [-0.25, -0.2) is 15.0 Å². The highest BCUT2D eigenvalue weighted by molar-refractivity contribution is 5.87. The van der Waals surface area contributed by atoms with Crippen LogP contribution in [0.3, 0.4) is 0 Å². The maximum Gasteiger partial charge on any atom is 0.164 e. The Morgan fingerprint density at radius 2 is 1.96 bits per heavy atom. The van der Waals surface area contributed by atoms with E-state index in [2.05, 4.69) is 49.1 Å². The summed E-state index contributed by atoms with van der Waals surface area (Å²) in [6, 6.07) is 8.26. The van der Waals surface area contributed by atoms with E-state index in [1.54, 1.807) is 6.33 Å². The molecule has 120 valence electrons. The molecular weight excluding hydrogens is 304 g/mol. The van der Waals surface area contributed by atoms with Gasteiger partial charge in [0, 0.05) is 30.4 Å². The summed E-state index contributed by atoms with van der Waals surface area (Å²) in [4.78, 5) is 22.4. The van der Waals surface area contributed by atoms with E-state index in [1.807, 2.05) is 6.20 Å². The van der Waals surface area contributed by atoms with Crippen LogP contribution < -0.4 is 4.90 Å². The molecule has 3 aromatic heterocycles. The van der Waals surface area contributed by atoms with E-state index < -0.39 is 0 Å². The number of nitrogens with zero attached hydrogens (tertiary/aromatic N) is 4. The molecule has 0 atom stereocenters. The molecule has 0 spiro atoms. The Bertz CT molecular complexity index is 1010. The van der Waals surface area contributed by atoms with E-state index in [1.165, 1.54) is 5.39 Å². The second kappa shape index (κ2) is 5.31. The predicted molar refractivity (Wildman–Crippen MR) is 92.0 cm³/mol. The number of rotatable bonds is 2. The molecule has 7 heteroatoms. The van der Waals surface area contributed by atoms with Gasteiger partial charge in [0.05, 0.1) is 19.5 Å². The Hall–Kier alpha value is -2.93. The van der Waals surface area contributed by atoms with Crippen LogP contribution in [0.15, 0.2) is 36.8 Å². The third kappa shape index (κ3) is 2.13. The number of benzene rings is 1. The standard InChI is InChI=1S/C17H16N6O/c1-2-12(9-13-11(1)3-4-18-13)15-21-16-14(19-10-20-16)17(22-15)23-5-7-24-8-6-23/h1-4,9-10,18H,5-8H2,(H,19,20,21,22). The second-order valence-electron chi connectivity index (χ2n) is 5.85. The average molecular weight is 320 g/mol. The van der Waals surface area contributed by atoms with Gasteiger partial charge >= 0.3 is 0 Å². The van der Waals surface area contributed by atoms with Gasteiger partial charge in [-0.2, -0.15) is 0 Å². The van der Waals surface area contributed by atoms with Crippen LogP contribution in [-0.2, 0) is 4.74 Å². The highest BCUT2D eigenvalue weighted by Crippen LogP contribution is 2.27. The number of hydrogen-bond acceptors (Lipinski definition) is 5. The molecule has 1 saturated heterocycles. The average Bonchev–Trinajstić information content (AvgIpc) is 3.29. The quantitative estimate of drug-likeness (QED) is 0.592. The summed E-state index contributed by atoms with van der Waals surface area (Å²) < 4.78 is 5.45. The van der Waals surface area contributed by atoms with E-state index in [9.17, 15) is 0 Å². The molecule has 1 aliphatic rings. The Balaban J connectivity index is 1.67. The first kappa shape index (κ1) is 13.5. The number of morpholine rings is 1. The first-order chi connectivity index (χ1) is 11.9. The summed E-state index contributed by atoms with van der Waals surface area (Å²) in [7, 11) is 0. The molecule has 0 saturated carbocycles. The van der Waals surface area contributed by atoms with Gasteiger partial charge in [0.2, 0.25) is 0 Å². The van der Waals surface area contributed by atoms with Crippen LogP contribution in [0.25, 0.3) is 33.5 Å². The first-order valence-electron chi connectivity index (χ1n) is 8.00. The van der Waals surface area contributed by atoms with Gasteiger partial charge in [-0.05, 0) is 17.5 Å². The van der Waals surface area contributed by atoms with Crippen LogP contribution in [0.5, 0.6) is 0 Å². The van der Waals surface area contributed by atoms with Gasteiger partial charge in [-0.1, -0.05) is 12.1 Å². The summed E-state index contributed by atoms with van der Waals surface area (Å²) in [5.41, 5.74) is 3.62. The van der Waals surface area contributed by atoms with Gasteiger partial charge in [-0.3, -0.25) is 0 Å². The lowest BCUT2D eigenvalue weighted by Crippen LogP contribution is -2.37. The summed E-state index contributed by atoms with van der Waals surface area (Å²) in [6.45, 7) is 3.04. The molecule has 7 nitrogen and oxygen atoms in total. The summed E-state index contributed by atoms with van der Waals surface area (Å²) in [6.07, 6.45) is 3.60. The molecular formula is C17H16N6O. The van der Waals surface area contributed by atoms with E-state index in [0.717, 1.165) is 41.2 Å². The Kier molecular flexibility index (Phi) is 2.99. The Morgan fingerprint density at radius 1 is 1.04 bits per heavy atom. The minimum absolute atomic E-state index is 0.699. The summed E-state index contributed by atoms with van der Waals surface area (Å²) >= 11 is 0. The van der Waals surface area contributed by atoms with Gasteiger partial charge in [0.25, 0.3) is 0 Å². The van der Waals surface area contributed by atoms with Crippen molar-refractivity contribution >= 4 is 27.9 Å². The topological polar surface area (TPSA) is 82.7 Å². The molecule has 1 aliphatic heterocycles. The minimum Gasteiger partial charge on any atom is -0.378 e. The molecule has 0 bridgehead atoms. The number of hydrogen-bond donors (Lipinski definition) is 2. The molecule has 0 aliphatic carbocycles. The number of H-pyrrole nitrogens is 2. The SMILES string of the molecule is c1cc2ccc(-c3nc(N4CCOCC4)c4nc[nH]c4n3)cc2[nH]1. The summed E-state index contributed by atoms with van der Waals surface area (Å²) in [5.74, 6) is 1.57. The minimum atomic E-state index is 0.699. The molecule has 0 radical (unpaired) electrons. The fraction of sp³-hybridized carbons (Fsp3) is 0.235. The van der Waals surface area contributed by atoms with Crippen molar-refractivity contribution in [3.8, 4) is 11.4 Å². The van der Waals surface area contributed by atoms with E-state index >= 15 is 0 Å². The van der Waals surface area contributed by atoms with Crippen LogP contribution in [-0.4, -0.2) is 51.2 Å². The van der Waals surface area contributed by atoms with Gasteiger partial charge in [0.15, 0.2) is 17.3 Å². The smallest absolute Gasteiger partial charge is 0.164 e. The van der Waals surface area contributed by atoms with E-state index in [-0.39, 0.29) is 0 Å². The number of imidazole rings is 1. The third-order valence-electron chi connectivity index (χ3n) is 4.38. The van der Waals surface area contributed by atoms with Crippen LogP contribution in [0.1, 0.15) is 0 Å². The number of ether oxygens (including phenoxy) is 1. The molecule has 24 heavy (non-hydrogen) atoms. The van der Waals surface area contributed by atoms with Crippen LogP contribution in [0.4, 0.5) is 5.82 Å². The van der Waals surface area contributed by atoms with E-state index in [0.29, 0.717) is 19.0 Å². The van der Waals surface area contributed by atoms with Crippen molar-refractivity contribution < 1.29 is 4.74 Å². The molecule has 1 fully saturated rings. The highest BCUT2D eigenvalue weighted by atomic mass is 16.5. The third-order valence-corrected chi connectivity index (χ3v) is 4.38. The molecule has 4 heterocycles. The fourth-order valence-electron chi connectivity index (χ4n) is 3.13. The Morgan fingerprint density at radius 3 is 2.88 bits per heavy atom. The van der Waals surface area contributed by atoms with Crippen molar-refractivity contribution in [1.29, 1.82) is 0 Å². The molecule has 1 aromatic carbocycles. The summed E-state index contributed by atoms with van der Waals surface area (Å²) in [5, 5.41) is 1.18. The predicted octanol–water partition coefficient (Wildman–Crippen LogP) is 2.34. The highest BCUT2D eigenvalue weighted by Gasteiger charge is 2.19. The lowest BCUT2D eigenvalue weighted by atomic mass is 10.1. The Labute approximate surface area is 137 Å². The zero-order valence-electron chi connectivity index (χ0n) is 13.0. The lowest BCUT2D eigenvalue weighted by Gasteiger charge is -2.28. The van der Waals surface area contributed by atoms with Crippen molar-refractivity contribution in [3.05, 3.63) is 36.8 Å². The maximum atomic E-state index is 5.45. The van der Waals surface area contributed by atoms with Crippen molar-refractivity contribution in [1.82, 2.24) is 24.9 Å². The maximum absolute atomic E-state index is 5.45.